The Morgan fingerprint density at radius 1 is 1.08 bits per heavy atom. The minimum absolute atomic E-state index is 0. The molecule has 0 unspecified atom stereocenters. The van der Waals surface area contributed by atoms with Crippen LogP contribution in [0.25, 0.3) is 0 Å². The third-order valence-corrected chi connectivity index (χ3v) is 1.34. The smallest absolute Gasteiger partial charge is 0.549 e. The van der Waals surface area contributed by atoms with Crippen LogP contribution in [-0.2, 0) is 9.59 Å². The molecule has 64 valence electrons. The van der Waals surface area contributed by atoms with E-state index in [4.69, 9.17) is 0 Å². The zero-order chi connectivity index (χ0) is 9.23. The summed E-state index contributed by atoms with van der Waals surface area (Å²) < 4.78 is 0. The minimum Gasteiger partial charge on any atom is -0.549 e. The Bertz CT molecular complexity index is 173. The standard InChI is InChI=1S/C7H12O4.Li.Na/c1-7(2,3)4(5(8)9)6(10)11;;/h4H,1-3H3,(H,8,9)(H,10,11);;/q;2*+1/p-2. The van der Waals surface area contributed by atoms with Gasteiger partial charge in [-0.3, -0.25) is 0 Å². The molecule has 0 bridgehead atoms. The van der Waals surface area contributed by atoms with Gasteiger partial charge in [-0.2, -0.15) is 0 Å². The third kappa shape index (κ3) is 6.59. The van der Waals surface area contributed by atoms with Gasteiger partial charge >= 0.3 is 48.4 Å². The van der Waals surface area contributed by atoms with E-state index >= 15 is 0 Å². The fourth-order valence-corrected chi connectivity index (χ4v) is 0.803. The molecular formula is C7H10LiNaO4. The fraction of sp³-hybridized carbons (Fsp3) is 0.714. The van der Waals surface area contributed by atoms with Crippen LogP contribution in [-0.4, -0.2) is 11.9 Å². The largest absolute Gasteiger partial charge is 1.00 e. The third-order valence-electron chi connectivity index (χ3n) is 1.34. The number of carboxylic acids is 2. The summed E-state index contributed by atoms with van der Waals surface area (Å²) in [7, 11) is 0. The fourth-order valence-electron chi connectivity index (χ4n) is 0.803. The summed E-state index contributed by atoms with van der Waals surface area (Å²) in [5, 5.41) is 20.5. The second-order valence-corrected chi connectivity index (χ2v) is 3.44. The summed E-state index contributed by atoms with van der Waals surface area (Å²) >= 11 is 0. The van der Waals surface area contributed by atoms with Crippen LogP contribution in [0.3, 0.4) is 0 Å². The zero-order valence-electron chi connectivity index (χ0n) is 8.71. The van der Waals surface area contributed by atoms with E-state index in [2.05, 4.69) is 0 Å². The summed E-state index contributed by atoms with van der Waals surface area (Å²) in [4.78, 5) is 20.5. The summed E-state index contributed by atoms with van der Waals surface area (Å²) in [6.45, 7) is 4.51. The first-order chi connectivity index (χ1) is 4.76. The van der Waals surface area contributed by atoms with Crippen LogP contribution in [0.4, 0.5) is 0 Å². The van der Waals surface area contributed by atoms with Crippen LogP contribution < -0.4 is 58.6 Å². The molecule has 0 heterocycles. The first kappa shape index (κ1) is 19.2. The predicted octanol–water partition coefficient (Wildman–Crippen LogP) is -7.84. The molecule has 0 aromatic carbocycles. The molecule has 0 radical (unpaired) electrons. The summed E-state index contributed by atoms with van der Waals surface area (Å²) in [5.74, 6) is -4.75. The van der Waals surface area contributed by atoms with Crippen molar-refractivity contribution in [3.05, 3.63) is 0 Å². The molecule has 0 saturated carbocycles. The van der Waals surface area contributed by atoms with E-state index < -0.39 is 23.3 Å². The molecule has 0 saturated heterocycles. The Morgan fingerprint density at radius 3 is 1.31 bits per heavy atom. The molecule has 0 aliphatic heterocycles. The predicted molar refractivity (Wildman–Crippen MR) is 33.0 cm³/mol. The molecule has 0 atom stereocenters. The number of hydrogen-bond donors (Lipinski definition) is 0. The molecule has 0 N–H and O–H groups in total. The van der Waals surface area contributed by atoms with Crippen LogP contribution in [0.1, 0.15) is 20.8 Å². The Balaban J connectivity index is -0.000000500. The minimum atomic E-state index is -1.60. The van der Waals surface area contributed by atoms with Crippen LogP contribution in [0, 0.1) is 11.3 Å². The monoisotopic (exact) mass is 188 g/mol. The molecular weight excluding hydrogens is 178 g/mol. The average Bonchev–Trinajstić information content (AvgIpc) is 1.54. The molecule has 6 heteroatoms. The van der Waals surface area contributed by atoms with E-state index in [1.165, 1.54) is 20.8 Å². The van der Waals surface area contributed by atoms with Gasteiger partial charge in [0.1, 0.15) is 0 Å². The van der Waals surface area contributed by atoms with Crippen molar-refractivity contribution >= 4 is 11.9 Å². The van der Waals surface area contributed by atoms with Gasteiger partial charge in [-0.25, -0.2) is 0 Å². The normalized spacial score (nSPS) is 9.85. The SMILES string of the molecule is CC(C)(C)C(C(=O)[O-])C(=O)[O-].[Li+].[Na+]. The number of hydrogen-bond acceptors (Lipinski definition) is 4. The van der Waals surface area contributed by atoms with Crippen molar-refractivity contribution in [2.45, 2.75) is 20.8 Å². The summed E-state index contributed by atoms with van der Waals surface area (Å²) in [6, 6.07) is 0. The van der Waals surface area contributed by atoms with Crippen molar-refractivity contribution in [1.29, 1.82) is 0 Å². The number of carbonyl (C=O) groups excluding carboxylic acids is 2. The molecule has 0 aliphatic rings. The number of aliphatic carboxylic acids is 2. The summed E-state index contributed by atoms with van der Waals surface area (Å²) in [6.07, 6.45) is 0. The topological polar surface area (TPSA) is 80.3 Å². The molecule has 0 amide bonds. The maximum atomic E-state index is 10.3. The van der Waals surface area contributed by atoms with Crippen molar-refractivity contribution < 1.29 is 68.2 Å². The van der Waals surface area contributed by atoms with Crippen LogP contribution in [0.5, 0.6) is 0 Å². The number of rotatable bonds is 2. The summed E-state index contributed by atoms with van der Waals surface area (Å²) in [5.41, 5.74) is -0.863. The second kappa shape index (κ2) is 6.91. The molecule has 0 spiro atoms. The maximum Gasteiger partial charge on any atom is 1.00 e. The quantitative estimate of drug-likeness (QED) is 0.318. The first-order valence-corrected chi connectivity index (χ1v) is 3.18. The average molecular weight is 188 g/mol. The van der Waals surface area contributed by atoms with E-state index in [0.717, 1.165) is 0 Å². The molecule has 13 heavy (non-hydrogen) atoms. The molecule has 0 rings (SSSR count). The van der Waals surface area contributed by atoms with Gasteiger partial charge in [-0.05, 0) is 5.41 Å². The van der Waals surface area contributed by atoms with Crippen molar-refractivity contribution in [2.24, 2.45) is 11.3 Å². The van der Waals surface area contributed by atoms with Crippen molar-refractivity contribution in [3.8, 4) is 0 Å². The second-order valence-electron chi connectivity index (χ2n) is 3.44. The number of carbonyl (C=O) groups is 2. The number of carboxylic acid groups (broad SMARTS) is 2. The van der Waals surface area contributed by atoms with Gasteiger partial charge in [0.05, 0.1) is 11.9 Å². The van der Waals surface area contributed by atoms with Crippen LogP contribution in [0.15, 0.2) is 0 Å². The van der Waals surface area contributed by atoms with E-state index in [1.807, 2.05) is 0 Å². The van der Waals surface area contributed by atoms with Gasteiger partial charge in [-0.15, -0.1) is 0 Å². The molecule has 0 aliphatic carbocycles. The van der Waals surface area contributed by atoms with Crippen LogP contribution in [0.2, 0.25) is 0 Å². The van der Waals surface area contributed by atoms with E-state index in [0.29, 0.717) is 0 Å². The van der Waals surface area contributed by atoms with Crippen LogP contribution >= 0.6 is 0 Å². The van der Waals surface area contributed by atoms with Gasteiger partial charge in [0, 0.05) is 5.92 Å². The Morgan fingerprint density at radius 2 is 1.31 bits per heavy atom. The Labute approximate surface area is 112 Å². The molecule has 0 aromatic rings. The maximum absolute atomic E-state index is 10.3. The molecule has 0 fully saturated rings. The Hall–Kier alpha value is 0.537. The van der Waals surface area contributed by atoms with Gasteiger partial charge in [-0.1, -0.05) is 20.8 Å². The molecule has 4 nitrogen and oxygen atoms in total. The van der Waals surface area contributed by atoms with Crippen molar-refractivity contribution in [3.63, 3.8) is 0 Å². The van der Waals surface area contributed by atoms with E-state index in [1.54, 1.807) is 0 Å². The van der Waals surface area contributed by atoms with Gasteiger partial charge in [0.25, 0.3) is 0 Å². The van der Waals surface area contributed by atoms with Gasteiger partial charge < -0.3 is 19.8 Å². The first-order valence-electron chi connectivity index (χ1n) is 3.18. The van der Waals surface area contributed by atoms with E-state index in [9.17, 15) is 19.8 Å². The van der Waals surface area contributed by atoms with Crippen molar-refractivity contribution in [2.75, 3.05) is 0 Å². The van der Waals surface area contributed by atoms with Gasteiger partial charge in [0.15, 0.2) is 0 Å². The molecule has 0 aromatic heterocycles. The Kier molecular flexibility index (Phi) is 10.2. The van der Waals surface area contributed by atoms with E-state index in [-0.39, 0.29) is 48.4 Å². The zero-order valence-corrected chi connectivity index (χ0v) is 10.7. The van der Waals surface area contributed by atoms with Gasteiger partial charge in [0.2, 0.25) is 0 Å². The van der Waals surface area contributed by atoms with Crippen molar-refractivity contribution in [1.82, 2.24) is 0 Å².